The normalized spacial score (nSPS) is 34.8. The fourth-order valence-electron chi connectivity index (χ4n) is 3.24. The number of hydrogen-bond donors (Lipinski definition) is 0. The van der Waals surface area contributed by atoms with Crippen LogP contribution in [0.4, 0.5) is 13.2 Å². The molecule has 0 radical (unpaired) electrons. The Labute approximate surface area is 131 Å². The highest BCUT2D eigenvalue weighted by molar-refractivity contribution is 9.09. The highest BCUT2D eigenvalue weighted by Gasteiger charge is 2.43. The van der Waals surface area contributed by atoms with Gasteiger partial charge in [0.05, 0.1) is 18.1 Å². The molecule has 0 N–H and O–H groups in total. The molecule has 2 unspecified atom stereocenters. The van der Waals surface area contributed by atoms with Crippen LogP contribution in [0.15, 0.2) is 0 Å². The van der Waals surface area contributed by atoms with Gasteiger partial charge in [-0.3, -0.25) is 4.79 Å². The van der Waals surface area contributed by atoms with Crippen LogP contribution in [0, 0.1) is 11.8 Å². The predicted molar refractivity (Wildman–Crippen MR) is 76.2 cm³/mol. The topological polar surface area (TPSA) is 29.5 Å². The molecule has 21 heavy (non-hydrogen) atoms. The van der Waals surface area contributed by atoms with E-state index in [0.717, 1.165) is 0 Å². The first kappa shape index (κ1) is 17.1. The van der Waals surface area contributed by atoms with E-state index in [2.05, 4.69) is 15.9 Å². The van der Waals surface area contributed by atoms with E-state index in [9.17, 15) is 18.0 Å². The third kappa shape index (κ3) is 4.34. The Morgan fingerprint density at radius 1 is 1.24 bits per heavy atom. The van der Waals surface area contributed by atoms with E-state index < -0.39 is 12.1 Å². The van der Waals surface area contributed by atoms with Crippen molar-refractivity contribution in [2.45, 2.75) is 51.0 Å². The molecule has 7 heteroatoms. The summed E-state index contributed by atoms with van der Waals surface area (Å²) in [5.41, 5.74) is 0. The van der Waals surface area contributed by atoms with Crippen LogP contribution in [-0.2, 0) is 9.53 Å². The molecule has 1 saturated heterocycles. The molecule has 2 atom stereocenters. The minimum Gasteiger partial charge on any atom is -0.371 e. The van der Waals surface area contributed by atoms with Gasteiger partial charge >= 0.3 is 6.18 Å². The summed E-state index contributed by atoms with van der Waals surface area (Å²) >= 11 is 3.35. The van der Waals surface area contributed by atoms with Crippen LogP contribution in [0.2, 0.25) is 0 Å². The number of alkyl halides is 4. The van der Waals surface area contributed by atoms with Gasteiger partial charge in [-0.25, -0.2) is 0 Å². The number of morpholine rings is 1. The molecule has 1 amide bonds. The summed E-state index contributed by atoms with van der Waals surface area (Å²) in [5, 5.41) is 0.655. The first-order valence-electron chi connectivity index (χ1n) is 7.38. The molecular formula is C14H21BrF3NO2. The lowest BCUT2D eigenvalue weighted by Gasteiger charge is -2.39. The van der Waals surface area contributed by atoms with Crippen molar-refractivity contribution in [1.82, 2.24) is 4.90 Å². The number of rotatable bonds is 2. The number of nitrogens with zero attached hydrogens (tertiary/aromatic N) is 1. The van der Waals surface area contributed by atoms with Crippen LogP contribution in [-0.4, -0.2) is 47.6 Å². The number of hydrogen-bond acceptors (Lipinski definition) is 2. The molecule has 0 aromatic rings. The SMILES string of the molecule is CC1CN(C(=O)C2CCC(C(F)(F)F)CC2)CC(CBr)O1. The smallest absolute Gasteiger partial charge is 0.371 e. The zero-order valence-electron chi connectivity index (χ0n) is 12.0. The Balaban J connectivity index is 1.89. The average Bonchev–Trinajstić information content (AvgIpc) is 2.45. The predicted octanol–water partition coefficient (Wildman–Crippen LogP) is 3.37. The fourth-order valence-corrected chi connectivity index (χ4v) is 3.59. The Morgan fingerprint density at radius 3 is 2.38 bits per heavy atom. The minimum absolute atomic E-state index is 0.00303. The molecule has 0 spiro atoms. The summed E-state index contributed by atoms with van der Waals surface area (Å²) in [5.74, 6) is -1.50. The average molecular weight is 372 g/mol. The Morgan fingerprint density at radius 2 is 1.86 bits per heavy atom. The Kier molecular flexibility index (Phi) is 5.57. The van der Waals surface area contributed by atoms with E-state index in [1.54, 1.807) is 4.90 Å². The maximum absolute atomic E-state index is 12.7. The summed E-state index contributed by atoms with van der Waals surface area (Å²) in [6, 6.07) is 0. The zero-order valence-corrected chi connectivity index (χ0v) is 13.6. The molecule has 1 aliphatic carbocycles. The molecule has 0 bridgehead atoms. The van der Waals surface area contributed by atoms with Gasteiger partial charge in [0.1, 0.15) is 0 Å². The second-order valence-corrected chi connectivity index (χ2v) is 6.70. The Bertz CT molecular complexity index is 370. The highest BCUT2D eigenvalue weighted by atomic mass is 79.9. The first-order chi connectivity index (χ1) is 9.81. The minimum atomic E-state index is -4.12. The summed E-state index contributed by atoms with van der Waals surface area (Å²) < 4.78 is 43.6. The number of carbonyl (C=O) groups is 1. The van der Waals surface area contributed by atoms with Crippen LogP contribution in [0.1, 0.15) is 32.6 Å². The zero-order chi connectivity index (χ0) is 15.6. The quantitative estimate of drug-likeness (QED) is 0.696. The van der Waals surface area contributed by atoms with Gasteiger partial charge in [-0.1, -0.05) is 15.9 Å². The van der Waals surface area contributed by atoms with Gasteiger partial charge in [-0.15, -0.1) is 0 Å². The van der Waals surface area contributed by atoms with Gasteiger partial charge in [0, 0.05) is 24.3 Å². The molecule has 2 rings (SSSR count). The number of halogens is 4. The molecular weight excluding hydrogens is 351 g/mol. The number of ether oxygens (including phenoxy) is 1. The third-order valence-corrected chi connectivity index (χ3v) is 5.07. The molecule has 1 aliphatic heterocycles. The van der Waals surface area contributed by atoms with Crippen molar-refractivity contribution >= 4 is 21.8 Å². The van der Waals surface area contributed by atoms with E-state index in [1.165, 1.54) is 0 Å². The molecule has 0 aromatic heterocycles. The lowest BCUT2D eigenvalue weighted by molar-refractivity contribution is -0.186. The fraction of sp³-hybridized carbons (Fsp3) is 0.929. The van der Waals surface area contributed by atoms with E-state index in [-0.39, 0.29) is 36.9 Å². The molecule has 1 heterocycles. The van der Waals surface area contributed by atoms with E-state index >= 15 is 0 Å². The van der Waals surface area contributed by atoms with Crippen LogP contribution in [0.3, 0.4) is 0 Å². The van der Waals surface area contributed by atoms with Crippen molar-refractivity contribution in [3.8, 4) is 0 Å². The molecule has 1 saturated carbocycles. The van der Waals surface area contributed by atoms with Crippen molar-refractivity contribution in [2.75, 3.05) is 18.4 Å². The number of amides is 1. The number of carbonyl (C=O) groups excluding carboxylic acids is 1. The molecule has 2 aliphatic rings. The van der Waals surface area contributed by atoms with Gasteiger partial charge in [-0.05, 0) is 32.6 Å². The third-order valence-electron chi connectivity index (χ3n) is 4.35. The molecule has 2 fully saturated rings. The van der Waals surface area contributed by atoms with Crippen molar-refractivity contribution in [3.05, 3.63) is 0 Å². The van der Waals surface area contributed by atoms with Gasteiger partial charge in [0.2, 0.25) is 5.91 Å². The largest absolute Gasteiger partial charge is 0.391 e. The van der Waals surface area contributed by atoms with Gasteiger partial charge < -0.3 is 9.64 Å². The Hall–Kier alpha value is -0.300. The highest BCUT2D eigenvalue weighted by Crippen LogP contribution is 2.40. The molecule has 0 aromatic carbocycles. The van der Waals surface area contributed by atoms with E-state index in [1.807, 2.05) is 6.92 Å². The van der Waals surface area contributed by atoms with Gasteiger partial charge in [-0.2, -0.15) is 13.2 Å². The van der Waals surface area contributed by atoms with Crippen molar-refractivity contribution in [3.63, 3.8) is 0 Å². The van der Waals surface area contributed by atoms with Crippen LogP contribution in [0.5, 0.6) is 0 Å². The van der Waals surface area contributed by atoms with Crippen molar-refractivity contribution in [1.29, 1.82) is 0 Å². The second kappa shape index (κ2) is 6.86. The van der Waals surface area contributed by atoms with Gasteiger partial charge in [0.15, 0.2) is 0 Å². The lowest BCUT2D eigenvalue weighted by atomic mass is 9.81. The van der Waals surface area contributed by atoms with E-state index in [0.29, 0.717) is 31.3 Å². The summed E-state index contributed by atoms with van der Waals surface area (Å²) in [4.78, 5) is 14.3. The van der Waals surface area contributed by atoms with Crippen LogP contribution in [0.25, 0.3) is 0 Å². The summed E-state index contributed by atoms with van der Waals surface area (Å²) in [7, 11) is 0. The maximum Gasteiger partial charge on any atom is 0.391 e. The molecule has 122 valence electrons. The monoisotopic (exact) mass is 371 g/mol. The lowest BCUT2D eigenvalue weighted by Crippen LogP contribution is -2.51. The first-order valence-corrected chi connectivity index (χ1v) is 8.50. The second-order valence-electron chi connectivity index (χ2n) is 6.06. The van der Waals surface area contributed by atoms with Gasteiger partial charge in [0.25, 0.3) is 0 Å². The van der Waals surface area contributed by atoms with Crippen LogP contribution < -0.4 is 0 Å². The summed E-state index contributed by atoms with van der Waals surface area (Å²) in [6.45, 7) is 2.96. The van der Waals surface area contributed by atoms with Crippen molar-refractivity contribution < 1.29 is 22.7 Å². The van der Waals surface area contributed by atoms with Crippen molar-refractivity contribution in [2.24, 2.45) is 11.8 Å². The summed E-state index contributed by atoms with van der Waals surface area (Å²) in [6.07, 6.45) is -3.37. The standard InChI is InChI=1S/C14H21BrF3NO2/c1-9-7-19(8-12(6-15)21-9)13(20)10-2-4-11(5-3-10)14(16,17)18/h9-12H,2-8H2,1H3. The maximum atomic E-state index is 12.7. The van der Waals surface area contributed by atoms with E-state index in [4.69, 9.17) is 4.74 Å². The molecule has 3 nitrogen and oxygen atoms in total. The van der Waals surface area contributed by atoms with Crippen LogP contribution >= 0.6 is 15.9 Å².